The van der Waals surface area contributed by atoms with Crippen LogP contribution in [0.15, 0.2) is 24.3 Å². The molecule has 110 valence electrons. The molecule has 1 aliphatic rings. The number of amides is 2. The molecule has 5 nitrogen and oxygen atoms in total. The van der Waals surface area contributed by atoms with Crippen LogP contribution in [0.25, 0.3) is 0 Å². The third-order valence-electron chi connectivity index (χ3n) is 3.61. The number of nitrogens with one attached hydrogen (secondary N) is 1. The molecular weight excluding hydrogens is 266 g/mol. The van der Waals surface area contributed by atoms with Crippen LogP contribution in [0, 0.1) is 17.2 Å². The smallest absolute Gasteiger partial charge is 0.229 e. The van der Waals surface area contributed by atoms with E-state index in [1.165, 1.54) is 0 Å². The summed E-state index contributed by atoms with van der Waals surface area (Å²) in [6.07, 6.45) is 0.220. The number of likely N-dealkylation sites (tertiary alicyclic amines) is 1. The summed E-state index contributed by atoms with van der Waals surface area (Å²) in [5, 5.41) is 11.8. The Kier molecular flexibility index (Phi) is 3.99. The van der Waals surface area contributed by atoms with Crippen molar-refractivity contribution in [1.82, 2.24) is 4.90 Å². The highest BCUT2D eigenvalue weighted by Gasteiger charge is 2.39. The van der Waals surface area contributed by atoms with Gasteiger partial charge >= 0.3 is 0 Å². The Bertz CT molecular complexity index is 611. The van der Waals surface area contributed by atoms with E-state index < -0.39 is 0 Å². The monoisotopic (exact) mass is 285 g/mol. The van der Waals surface area contributed by atoms with Gasteiger partial charge in [-0.3, -0.25) is 9.59 Å². The van der Waals surface area contributed by atoms with E-state index in [2.05, 4.69) is 5.32 Å². The molecule has 1 atom stereocenters. The maximum atomic E-state index is 12.3. The molecule has 0 radical (unpaired) electrons. The fourth-order valence-electron chi connectivity index (χ4n) is 2.46. The standard InChI is InChI=1S/C16H19N3O2/c1-16(2,3)19-10-12(8-14(19)20)15(21)18-13-7-5-4-6-11(13)9-17/h4-7,12H,8,10H2,1-3H3,(H,18,21). The van der Waals surface area contributed by atoms with Crippen molar-refractivity contribution in [1.29, 1.82) is 5.26 Å². The predicted molar refractivity (Wildman–Crippen MR) is 79.4 cm³/mol. The Labute approximate surface area is 124 Å². The Hall–Kier alpha value is -2.35. The molecule has 0 saturated carbocycles. The topological polar surface area (TPSA) is 73.2 Å². The first-order chi connectivity index (χ1) is 9.82. The zero-order valence-electron chi connectivity index (χ0n) is 12.5. The van der Waals surface area contributed by atoms with Crippen LogP contribution < -0.4 is 5.32 Å². The Morgan fingerprint density at radius 3 is 2.62 bits per heavy atom. The second kappa shape index (κ2) is 5.57. The maximum Gasteiger partial charge on any atom is 0.229 e. The normalized spacial score (nSPS) is 18.5. The number of carbonyl (C=O) groups excluding carboxylic acids is 2. The quantitative estimate of drug-likeness (QED) is 0.904. The van der Waals surface area contributed by atoms with E-state index in [4.69, 9.17) is 5.26 Å². The van der Waals surface area contributed by atoms with Crippen molar-refractivity contribution < 1.29 is 9.59 Å². The molecule has 21 heavy (non-hydrogen) atoms. The summed E-state index contributed by atoms with van der Waals surface area (Å²) in [7, 11) is 0. The molecule has 5 heteroatoms. The molecule has 0 bridgehead atoms. The molecule has 2 amide bonds. The summed E-state index contributed by atoms with van der Waals surface area (Å²) < 4.78 is 0. The minimum Gasteiger partial charge on any atom is -0.337 e. The Morgan fingerprint density at radius 2 is 2.05 bits per heavy atom. The number of hydrogen-bond acceptors (Lipinski definition) is 3. The van der Waals surface area contributed by atoms with Gasteiger partial charge in [0.2, 0.25) is 11.8 Å². The molecule has 2 rings (SSSR count). The van der Waals surface area contributed by atoms with Gasteiger partial charge < -0.3 is 10.2 Å². The lowest BCUT2D eigenvalue weighted by Gasteiger charge is -2.31. The van der Waals surface area contributed by atoms with Gasteiger partial charge in [-0.2, -0.15) is 5.26 Å². The van der Waals surface area contributed by atoms with Gasteiger partial charge in [0.15, 0.2) is 0 Å². The number of rotatable bonds is 2. The lowest BCUT2D eigenvalue weighted by atomic mass is 10.1. The molecule has 1 fully saturated rings. The molecule has 0 aromatic heterocycles. The summed E-state index contributed by atoms with van der Waals surface area (Å²) >= 11 is 0. The lowest BCUT2D eigenvalue weighted by molar-refractivity contribution is -0.131. The largest absolute Gasteiger partial charge is 0.337 e. The number of carbonyl (C=O) groups is 2. The lowest BCUT2D eigenvalue weighted by Crippen LogP contribution is -2.42. The average Bonchev–Trinajstić information content (AvgIpc) is 2.81. The SMILES string of the molecule is CC(C)(C)N1CC(C(=O)Nc2ccccc2C#N)CC1=O. The van der Waals surface area contributed by atoms with Crippen LogP contribution in [0.5, 0.6) is 0 Å². The van der Waals surface area contributed by atoms with Gasteiger partial charge in [0.05, 0.1) is 17.2 Å². The zero-order valence-corrected chi connectivity index (χ0v) is 12.5. The van der Waals surface area contributed by atoms with E-state index in [1.807, 2.05) is 26.8 Å². The van der Waals surface area contributed by atoms with Crippen molar-refractivity contribution in [2.75, 3.05) is 11.9 Å². The van der Waals surface area contributed by atoms with E-state index in [0.717, 1.165) is 0 Å². The summed E-state index contributed by atoms with van der Waals surface area (Å²) in [4.78, 5) is 26.0. The highest BCUT2D eigenvalue weighted by atomic mass is 16.2. The molecular formula is C16H19N3O2. The average molecular weight is 285 g/mol. The Balaban J connectivity index is 2.09. The number of anilines is 1. The van der Waals surface area contributed by atoms with E-state index >= 15 is 0 Å². The summed E-state index contributed by atoms with van der Waals surface area (Å²) in [6.45, 7) is 6.28. The number of nitriles is 1. The zero-order chi connectivity index (χ0) is 15.6. The van der Waals surface area contributed by atoms with Crippen molar-refractivity contribution in [2.24, 2.45) is 5.92 Å². The molecule has 1 unspecified atom stereocenters. The highest BCUT2D eigenvalue weighted by Crippen LogP contribution is 2.27. The van der Waals surface area contributed by atoms with Crippen LogP contribution in [0.2, 0.25) is 0 Å². The predicted octanol–water partition coefficient (Wildman–Crippen LogP) is 2.14. The molecule has 1 aromatic rings. The van der Waals surface area contributed by atoms with Crippen LogP contribution in [0.4, 0.5) is 5.69 Å². The number of nitrogens with zero attached hydrogens (tertiary/aromatic N) is 2. The van der Waals surface area contributed by atoms with Gasteiger partial charge in [-0.1, -0.05) is 12.1 Å². The maximum absolute atomic E-state index is 12.3. The first kappa shape index (κ1) is 15.0. The number of benzene rings is 1. The van der Waals surface area contributed by atoms with Crippen LogP contribution in [0.1, 0.15) is 32.8 Å². The fraction of sp³-hybridized carbons (Fsp3) is 0.438. The van der Waals surface area contributed by atoms with Gasteiger partial charge in [-0.05, 0) is 32.9 Å². The van der Waals surface area contributed by atoms with Crippen LogP contribution in [-0.4, -0.2) is 28.8 Å². The summed E-state index contributed by atoms with van der Waals surface area (Å²) in [5.74, 6) is -0.586. The molecule has 0 aliphatic carbocycles. The first-order valence-electron chi connectivity index (χ1n) is 6.93. The van der Waals surface area contributed by atoms with Crippen molar-refractivity contribution >= 4 is 17.5 Å². The van der Waals surface area contributed by atoms with Crippen LogP contribution in [0.3, 0.4) is 0 Å². The van der Waals surface area contributed by atoms with Crippen molar-refractivity contribution in [3.05, 3.63) is 29.8 Å². The highest BCUT2D eigenvalue weighted by molar-refractivity contribution is 5.98. The minimum absolute atomic E-state index is 0.00350. The molecule has 0 spiro atoms. The molecule has 1 heterocycles. The van der Waals surface area contributed by atoms with E-state index in [1.54, 1.807) is 29.2 Å². The molecule has 1 saturated heterocycles. The number of hydrogen-bond donors (Lipinski definition) is 1. The Morgan fingerprint density at radius 1 is 1.38 bits per heavy atom. The molecule has 1 aromatic carbocycles. The van der Waals surface area contributed by atoms with Crippen molar-refractivity contribution in [2.45, 2.75) is 32.7 Å². The second-order valence-electron chi connectivity index (χ2n) is 6.22. The molecule has 1 N–H and O–H groups in total. The fourth-order valence-corrected chi connectivity index (χ4v) is 2.46. The van der Waals surface area contributed by atoms with Crippen molar-refractivity contribution in [3.63, 3.8) is 0 Å². The van der Waals surface area contributed by atoms with Gasteiger partial charge in [0, 0.05) is 18.5 Å². The van der Waals surface area contributed by atoms with Gasteiger partial charge in [-0.25, -0.2) is 0 Å². The summed E-state index contributed by atoms with van der Waals surface area (Å²) in [5.41, 5.74) is 0.631. The summed E-state index contributed by atoms with van der Waals surface area (Å²) in [6, 6.07) is 8.89. The van der Waals surface area contributed by atoms with Crippen molar-refractivity contribution in [3.8, 4) is 6.07 Å². The van der Waals surface area contributed by atoms with Crippen LogP contribution >= 0.6 is 0 Å². The van der Waals surface area contributed by atoms with E-state index in [9.17, 15) is 9.59 Å². The van der Waals surface area contributed by atoms with Gasteiger partial charge in [0.25, 0.3) is 0 Å². The third kappa shape index (κ3) is 3.22. The third-order valence-corrected chi connectivity index (χ3v) is 3.61. The van der Waals surface area contributed by atoms with Gasteiger partial charge in [0.1, 0.15) is 6.07 Å². The van der Waals surface area contributed by atoms with E-state index in [0.29, 0.717) is 17.8 Å². The minimum atomic E-state index is -0.372. The van der Waals surface area contributed by atoms with E-state index in [-0.39, 0.29) is 29.7 Å². The van der Waals surface area contributed by atoms with Gasteiger partial charge in [-0.15, -0.1) is 0 Å². The molecule has 1 aliphatic heterocycles. The number of para-hydroxylation sites is 1. The first-order valence-corrected chi connectivity index (χ1v) is 6.93. The second-order valence-corrected chi connectivity index (χ2v) is 6.22. The van der Waals surface area contributed by atoms with Crippen LogP contribution in [-0.2, 0) is 9.59 Å².